The van der Waals surface area contributed by atoms with Gasteiger partial charge in [-0.25, -0.2) is 9.59 Å². The highest BCUT2D eigenvalue weighted by molar-refractivity contribution is 5.75. The summed E-state index contributed by atoms with van der Waals surface area (Å²) >= 11 is 0. The number of unbranched alkanes of at least 4 members (excludes halogenated alkanes) is 2. The zero-order valence-electron chi connectivity index (χ0n) is 14.0. The van der Waals surface area contributed by atoms with Gasteiger partial charge in [-0.15, -0.1) is 0 Å². The van der Waals surface area contributed by atoms with Crippen molar-refractivity contribution >= 4 is 12.1 Å². The van der Waals surface area contributed by atoms with Crippen molar-refractivity contribution in [3.63, 3.8) is 0 Å². The van der Waals surface area contributed by atoms with Crippen LogP contribution in [0.4, 0.5) is 9.59 Å². The number of hydrogen-bond donors (Lipinski definition) is 4. The van der Waals surface area contributed by atoms with Gasteiger partial charge in [0.15, 0.2) is 0 Å². The molecule has 1 fully saturated rings. The van der Waals surface area contributed by atoms with Crippen LogP contribution in [0.5, 0.6) is 0 Å². The van der Waals surface area contributed by atoms with E-state index in [9.17, 15) is 9.59 Å². The molecule has 0 radical (unpaired) electrons. The van der Waals surface area contributed by atoms with Crippen LogP contribution in [0.25, 0.3) is 0 Å². The zero-order chi connectivity index (χ0) is 16.2. The largest absolute Gasteiger partial charge is 0.338 e. The summed E-state index contributed by atoms with van der Waals surface area (Å²) < 4.78 is 0. The summed E-state index contributed by atoms with van der Waals surface area (Å²) in [5, 5.41) is 11.8. The van der Waals surface area contributed by atoms with Crippen LogP contribution in [0, 0.1) is 0 Å². The average Bonchev–Trinajstić information content (AvgIpc) is 2.50. The predicted molar refractivity (Wildman–Crippen MR) is 88.9 cm³/mol. The van der Waals surface area contributed by atoms with Gasteiger partial charge in [-0.2, -0.15) is 0 Å². The number of rotatable bonds is 8. The van der Waals surface area contributed by atoms with Crippen molar-refractivity contribution in [2.45, 2.75) is 77.3 Å². The molecule has 0 aromatic carbocycles. The molecule has 0 unspecified atom stereocenters. The average molecular weight is 312 g/mol. The first-order valence-electron chi connectivity index (χ1n) is 8.76. The van der Waals surface area contributed by atoms with Gasteiger partial charge in [0.25, 0.3) is 0 Å². The van der Waals surface area contributed by atoms with Crippen LogP contribution in [-0.2, 0) is 0 Å². The maximum atomic E-state index is 11.9. The van der Waals surface area contributed by atoms with Crippen molar-refractivity contribution in [2.24, 2.45) is 0 Å². The Balaban J connectivity index is 2.35. The number of carbonyl (C=O) groups excluding carboxylic acids is 2. The summed E-state index contributed by atoms with van der Waals surface area (Å²) in [5.41, 5.74) is 0. The van der Waals surface area contributed by atoms with Crippen molar-refractivity contribution in [3.05, 3.63) is 0 Å². The van der Waals surface area contributed by atoms with Gasteiger partial charge in [0.05, 0.1) is 12.1 Å². The molecule has 1 aliphatic rings. The van der Waals surface area contributed by atoms with Crippen molar-refractivity contribution in [1.29, 1.82) is 0 Å². The Labute approximate surface area is 134 Å². The Morgan fingerprint density at radius 3 is 1.59 bits per heavy atom. The molecule has 1 rings (SSSR count). The van der Waals surface area contributed by atoms with Gasteiger partial charge in [0.2, 0.25) is 0 Å². The molecule has 0 aromatic rings. The first-order chi connectivity index (χ1) is 10.7. The Bertz CT molecular complexity index is 304. The fraction of sp³-hybridized carbons (Fsp3) is 0.875. The molecule has 0 aromatic heterocycles. The Morgan fingerprint density at radius 1 is 0.818 bits per heavy atom. The van der Waals surface area contributed by atoms with Gasteiger partial charge in [-0.3, -0.25) is 0 Å². The molecule has 22 heavy (non-hydrogen) atoms. The number of hydrogen-bond acceptors (Lipinski definition) is 2. The van der Waals surface area contributed by atoms with Gasteiger partial charge >= 0.3 is 12.1 Å². The standard InChI is InChI=1S/C16H32N4O2/c1-3-5-11-17-15(21)19-13-9-7-8-10-14(13)20-16(22)18-12-6-4-2/h13-14H,3-12H2,1-2H3,(H2,17,19,21)(H2,18,20,22)/t13-,14-/m1/s1. The quantitative estimate of drug-likeness (QED) is 0.519. The fourth-order valence-electron chi connectivity index (χ4n) is 2.67. The third-order valence-corrected chi connectivity index (χ3v) is 4.03. The number of carbonyl (C=O) groups is 2. The molecule has 1 saturated carbocycles. The molecule has 1 aliphatic carbocycles. The van der Waals surface area contributed by atoms with Crippen molar-refractivity contribution in [3.8, 4) is 0 Å². The van der Waals surface area contributed by atoms with Gasteiger partial charge < -0.3 is 21.3 Å². The summed E-state index contributed by atoms with van der Waals surface area (Å²) in [5.74, 6) is 0. The van der Waals surface area contributed by atoms with Gasteiger partial charge in [-0.05, 0) is 25.7 Å². The predicted octanol–water partition coefficient (Wildman–Crippen LogP) is 2.50. The summed E-state index contributed by atoms with van der Waals surface area (Å²) in [6.07, 6.45) is 8.12. The maximum absolute atomic E-state index is 11.9. The molecule has 6 nitrogen and oxygen atoms in total. The molecule has 2 atom stereocenters. The normalized spacial score (nSPS) is 21.0. The van der Waals surface area contributed by atoms with Crippen LogP contribution in [0.3, 0.4) is 0 Å². The Morgan fingerprint density at radius 2 is 1.23 bits per heavy atom. The highest BCUT2D eigenvalue weighted by atomic mass is 16.2. The minimum Gasteiger partial charge on any atom is -0.338 e. The molecule has 6 heteroatoms. The van der Waals surface area contributed by atoms with Crippen LogP contribution < -0.4 is 21.3 Å². The molecular weight excluding hydrogens is 280 g/mol. The Kier molecular flexibility index (Phi) is 9.42. The van der Waals surface area contributed by atoms with Crippen molar-refractivity contribution < 1.29 is 9.59 Å². The van der Waals surface area contributed by atoms with E-state index >= 15 is 0 Å². The van der Waals surface area contributed by atoms with E-state index < -0.39 is 0 Å². The number of amides is 4. The second-order valence-corrected chi connectivity index (χ2v) is 6.01. The lowest BCUT2D eigenvalue weighted by atomic mass is 9.90. The van der Waals surface area contributed by atoms with Crippen LogP contribution in [0.15, 0.2) is 0 Å². The SMILES string of the molecule is CCCCNC(=O)N[C@@H]1CCCC[C@H]1NC(=O)NCCCC. The minimum absolute atomic E-state index is 0.0206. The van der Waals surface area contributed by atoms with E-state index in [0.717, 1.165) is 51.4 Å². The third kappa shape index (κ3) is 7.52. The van der Waals surface area contributed by atoms with E-state index in [1.807, 2.05) is 0 Å². The van der Waals surface area contributed by atoms with E-state index in [-0.39, 0.29) is 24.1 Å². The molecular formula is C16H32N4O2. The van der Waals surface area contributed by atoms with Gasteiger partial charge in [0, 0.05) is 13.1 Å². The van der Waals surface area contributed by atoms with Crippen LogP contribution in [0.1, 0.15) is 65.2 Å². The number of urea groups is 2. The fourth-order valence-corrected chi connectivity index (χ4v) is 2.67. The third-order valence-electron chi connectivity index (χ3n) is 4.03. The molecule has 0 aliphatic heterocycles. The molecule has 0 saturated heterocycles. The van der Waals surface area contributed by atoms with E-state index in [2.05, 4.69) is 35.1 Å². The maximum Gasteiger partial charge on any atom is 0.315 e. The second-order valence-electron chi connectivity index (χ2n) is 6.01. The molecule has 4 N–H and O–H groups in total. The highest BCUT2D eigenvalue weighted by Crippen LogP contribution is 2.18. The molecule has 4 amide bonds. The molecule has 0 bridgehead atoms. The lowest BCUT2D eigenvalue weighted by Gasteiger charge is -2.32. The van der Waals surface area contributed by atoms with Crippen LogP contribution in [-0.4, -0.2) is 37.2 Å². The first kappa shape index (κ1) is 18.6. The highest BCUT2D eigenvalue weighted by Gasteiger charge is 2.27. The zero-order valence-corrected chi connectivity index (χ0v) is 14.0. The first-order valence-corrected chi connectivity index (χ1v) is 8.76. The van der Waals surface area contributed by atoms with E-state index in [4.69, 9.17) is 0 Å². The number of nitrogens with one attached hydrogen (secondary N) is 4. The molecule has 0 heterocycles. The Hall–Kier alpha value is -1.46. The summed E-state index contributed by atoms with van der Waals surface area (Å²) in [7, 11) is 0. The van der Waals surface area contributed by atoms with Crippen molar-refractivity contribution in [2.75, 3.05) is 13.1 Å². The monoisotopic (exact) mass is 312 g/mol. The van der Waals surface area contributed by atoms with E-state index in [1.54, 1.807) is 0 Å². The summed E-state index contributed by atoms with van der Waals surface area (Å²) in [6, 6.07) is -0.211. The van der Waals surface area contributed by atoms with E-state index in [0.29, 0.717) is 13.1 Å². The lowest BCUT2D eigenvalue weighted by Crippen LogP contribution is -2.56. The minimum atomic E-state index is -0.126. The summed E-state index contributed by atoms with van der Waals surface area (Å²) in [6.45, 7) is 5.59. The van der Waals surface area contributed by atoms with Gasteiger partial charge in [0.1, 0.15) is 0 Å². The topological polar surface area (TPSA) is 82.3 Å². The van der Waals surface area contributed by atoms with Crippen LogP contribution >= 0.6 is 0 Å². The second kappa shape index (κ2) is 11.2. The van der Waals surface area contributed by atoms with Crippen LogP contribution in [0.2, 0.25) is 0 Å². The molecule has 128 valence electrons. The smallest absolute Gasteiger partial charge is 0.315 e. The molecule has 0 spiro atoms. The van der Waals surface area contributed by atoms with E-state index in [1.165, 1.54) is 0 Å². The summed E-state index contributed by atoms with van der Waals surface area (Å²) in [4.78, 5) is 23.8. The van der Waals surface area contributed by atoms with Crippen molar-refractivity contribution in [1.82, 2.24) is 21.3 Å². The lowest BCUT2D eigenvalue weighted by molar-refractivity contribution is 0.213. The van der Waals surface area contributed by atoms with Gasteiger partial charge in [-0.1, -0.05) is 39.5 Å².